The Bertz CT molecular complexity index is 249. The molecule has 0 radical (unpaired) electrons. The number of sulfonamides is 1. The summed E-state index contributed by atoms with van der Waals surface area (Å²) >= 11 is 2.23. The first-order valence-corrected chi connectivity index (χ1v) is 7.12. The Labute approximate surface area is 93.6 Å². The maximum absolute atomic E-state index is 11.2. The number of alkyl halides is 1. The topological polar surface area (TPSA) is 49.7 Å². The molecule has 0 fully saturated rings. The molecule has 13 heavy (non-hydrogen) atoms. The van der Waals surface area contributed by atoms with Crippen molar-refractivity contribution in [3.8, 4) is 0 Å². The van der Waals surface area contributed by atoms with Crippen LogP contribution in [0, 0.1) is 0 Å². The molecule has 0 aliphatic rings. The van der Waals surface area contributed by atoms with Gasteiger partial charge in [-0.2, -0.15) is 4.40 Å². The molecule has 0 rings (SSSR count). The molecule has 0 aromatic heterocycles. The SMILES string of the molecule is CN(C)C=NS(=O)(=O)CCCCI. The molecule has 0 aliphatic carbocycles. The molecule has 0 saturated carbocycles. The van der Waals surface area contributed by atoms with Gasteiger partial charge >= 0.3 is 0 Å². The van der Waals surface area contributed by atoms with Crippen LogP contribution in [0.25, 0.3) is 0 Å². The third-order valence-corrected chi connectivity index (χ3v) is 3.21. The molecule has 0 aliphatic heterocycles. The monoisotopic (exact) mass is 318 g/mol. The summed E-state index contributed by atoms with van der Waals surface area (Å²) in [5.74, 6) is 0.153. The predicted octanol–water partition coefficient (Wildman–Crippen LogP) is 1.12. The summed E-state index contributed by atoms with van der Waals surface area (Å²) in [6.07, 6.45) is 2.94. The van der Waals surface area contributed by atoms with Crippen LogP contribution in [-0.2, 0) is 10.0 Å². The normalized spacial score (nSPS) is 12.2. The third kappa shape index (κ3) is 8.48. The van der Waals surface area contributed by atoms with Gasteiger partial charge in [0.25, 0.3) is 10.0 Å². The van der Waals surface area contributed by atoms with Crippen molar-refractivity contribution in [2.45, 2.75) is 12.8 Å². The molecule has 0 spiro atoms. The zero-order valence-corrected chi connectivity index (χ0v) is 10.9. The molecule has 0 bridgehead atoms. The van der Waals surface area contributed by atoms with Gasteiger partial charge in [0.2, 0.25) is 0 Å². The molecular weight excluding hydrogens is 303 g/mol. The van der Waals surface area contributed by atoms with Gasteiger partial charge in [0.05, 0.1) is 5.75 Å². The second-order valence-electron chi connectivity index (χ2n) is 2.87. The first-order chi connectivity index (χ1) is 5.98. The summed E-state index contributed by atoms with van der Waals surface area (Å²) in [7, 11) is 0.255. The number of unbranched alkanes of at least 4 members (excludes halogenated alkanes) is 1. The van der Waals surface area contributed by atoms with E-state index >= 15 is 0 Å². The lowest BCUT2D eigenvalue weighted by Gasteiger charge is -2.02. The minimum atomic E-state index is -3.22. The fourth-order valence-corrected chi connectivity index (χ4v) is 2.14. The van der Waals surface area contributed by atoms with Crippen LogP contribution in [0.5, 0.6) is 0 Å². The average Bonchev–Trinajstić information content (AvgIpc) is 2.02. The van der Waals surface area contributed by atoms with Crippen LogP contribution in [0.3, 0.4) is 0 Å². The first-order valence-electron chi connectivity index (χ1n) is 3.98. The lowest BCUT2D eigenvalue weighted by molar-refractivity contribution is 0.592. The van der Waals surface area contributed by atoms with E-state index in [0.717, 1.165) is 10.8 Å². The lowest BCUT2D eigenvalue weighted by atomic mass is 10.4. The van der Waals surface area contributed by atoms with Gasteiger partial charge in [0.1, 0.15) is 6.34 Å². The molecule has 0 N–H and O–H groups in total. The minimum Gasteiger partial charge on any atom is -0.368 e. The van der Waals surface area contributed by atoms with E-state index in [-0.39, 0.29) is 5.75 Å². The lowest BCUT2D eigenvalue weighted by Crippen LogP contribution is -2.11. The third-order valence-electron chi connectivity index (χ3n) is 1.22. The van der Waals surface area contributed by atoms with Crippen LogP contribution < -0.4 is 0 Å². The standard InChI is InChI=1S/C7H15IN2O2S/c1-10(2)7-9-13(11,12)6-4-3-5-8/h7H,3-6H2,1-2H3. The highest BCUT2D eigenvalue weighted by molar-refractivity contribution is 14.1. The van der Waals surface area contributed by atoms with Crippen LogP contribution >= 0.6 is 22.6 Å². The van der Waals surface area contributed by atoms with E-state index in [1.165, 1.54) is 6.34 Å². The Kier molecular flexibility index (Phi) is 6.66. The minimum absolute atomic E-state index is 0.153. The quantitative estimate of drug-likeness (QED) is 0.242. The number of nitrogens with zero attached hydrogens (tertiary/aromatic N) is 2. The van der Waals surface area contributed by atoms with Gasteiger partial charge in [-0.15, -0.1) is 0 Å². The Morgan fingerprint density at radius 2 is 2.00 bits per heavy atom. The summed E-state index contributed by atoms with van der Waals surface area (Å²) in [6, 6.07) is 0. The van der Waals surface area contributed by atoms with Gasteiger partial charge in [-0.05, 0) is 17.3 Å². The molecule has 0 saturated heterocycles. The average molecular weight is 318 g/mol. The molecule has 0 aromatic carbocycles. The zero-order chi connectivity index (χ0) is 10.3. The number of rotatable bonds is 6. The molecule has 78 valence electrons. The number of halogens is 1. The number of hydrogen-bond acceptors (Lipinski definition) is 2. The maximum atomic E-state index is 11.2. The first kappa shape index (κ1) is 13.2. The van der Waals surface area contributed by atoms with Crippen molar-refractivity contribution < 1.29 is 8.42 Å². The van der Waals surface area contributed by atoms with Crippen molar-refractivity contribution in [1.29, 1.82) is 0 Å². The van der Waals surface area contributed by atoms with Crippen LogP contribution in [0.1, 0.15) is 12.8 Å². The second-order valence-corrected chi connectivity index (χ2v) is 5.73. The van der Waals surface area contributed by atoms with Gasteiger partial charge in [0.15, 0.2) is 0 Å². The summed E-state index contributed by atoms with van der Waals surface area (Å²) in [5.41, 5.74) is 0. The van der Waals surface area contributed by atoms with Gasteiger partial charge in [-0.1, -0.05) is 22.6 Å². The molecule has 0 unspecified atom stereocenters. The molecule has 0 aromatic rings. The van der Waals surface area contributed by atoms with Crippen LogP contribution in [-0.4, -0.2) is 43.9 Å². The zero-order valence-electron chi connectivity index (χ0n) is 7.90. The highest BCUT2D eigenvalue weighted by Crippen LogP contribution is 2.00. The van der Waals surface area contributed by atoms with Crippen molar-refractivity contribution in [2.75, 3.05) is 24.3 Å². The molecule has 0 atom stereocenters. The van der Waals surface area contributed by atoms with Gasteiger partial charge in [0, 0.05) is 14.1 Å². The Hall–Kier alpha value is 0.150. The van der Waals surface area contributed by atoms with Gasteiger partial charge in [-0.3, -0.25) is 0 Å². The van der Waals surface area contributed by atoms with Gasteiger partial charge < -0.3 is 4.90 Å². The molecule has 0 amide bonds. The predicted molar refractivity (Wildman–Crippen MR) is 64.1 cm³/mol. The number of hydrogen-bond donors (Lipinski definition) is 0. The maximum Gasteiger partial charge on any atom is 0.254 e. The fourth-order valence-electron chi connectivity index (χ4n) is 0.598. The largest absolute Gasteiger partial charge is 0.368 e. The van der Waals surface area contributed by atoms with Crippen molar-refractivity contribution in [3.05, 3.63) is 0 Å². The Morgan fingerprint density at radius 1 is 1.38 bits per heavy atom. The van der Waals surface area contributed by atoms with E-state index in [1.54, 1.807) is 19.0 Å². The van der Waals surface area contributed by atoms with Crippen molar-refractivity contribution in [1.82, 2.24) is 4.90 Å². The molecule has 6 heteroatoms. The fraction of sp³-hybridized carbons (Fsp3) is 0.857. The van der Waals surface area contributed by atoms with Crippen molar-refractivity contribution in [2.24, 2.45) is 4.40 Å². The van der Waals surface area contributed by atoms with Crippen LogP contribution in [0.15, 0.2) is 4.40 Å². The molecule has 4 nitrogen and oxygen atoms in total. The molecule has 0 heterocycles. The van der Waals surface area contributed by atoms with Gasteiger partial charge in [-0.25, -0.2) is 8.42 Å². The van der Waals surface area contributed by atoms with Crippen molar-refractivity contribution in [3.63, 3.8) is 0 Å². The van der Waals surface area contributed by atoms with Crippen molar-refractivity contribution >= 4 is 39.0 Å². The summed E-state index contributed by atoms with van der Waals surface area (Å²) in [6.45, 7) is 0. The Morgan fingerprint density at radius 3 is 2.46 bits per heavy atom. The summed E-state index contributed by atoms with van der Waals surface area (Å²) < 4.78 is 26.9. The van der Waals surface area contributed by atoms with Crippen LogP contribution in [0.2, 0.25) is 0 Å². The van der Waals surface area contributed by atoms with E-state index in [9.17, 15) is 8.42 Å². The van der Waals surface area contributed by atoms with Crippen LogP contribution in [0.4, 0.5) is 0 Å². The van der Waals surface area contributed by atoms with E-state index in [0.29, 0.717) is 6.42 Å². The van der Waals surface area contributed by atoms with E-state index in [2.05, 4.69) is 27.0 Å². The highest BCUT2D eigenvalue weighted by Gasteiger charge is 2.05. The molecular formula is C7H15IN2O2S. The summed E-state index contributed by atoms with van der Waals surface area (Å²) in [5, 5.41) is 0. The van der Waals surface area contributed by atoms with E-state index in [4.69, 9.17) is 0 Å². The Balaban J connectivity index is 3.95. The second kappa shape index (κ2) is 6.58. The van der Waals surface area contributed by atoms with E-state index < -0.39 is 10.0 Å². The highest BCUT2D eigenvalue weighted by atomic mass is 127. The van der Waals surface area contributed by atoms with E-state index in [1.807, 2.05) is 0 Å². The summed E-state index contributed by atoms with van der Waals surface area (Å²) in [4.78, 5) is 1.61. The smallest absolute Gasteiger partial charge is 0.254 e.